The monoisotopic (exact) mass is 317 g/mol. The molecule has 1 fully saturated rings. The average molecular weight is 317 g/mol. The lowest BCUT2D eigenvalue weighted by Gasteiger charge is -2.14. The van der Waals surface area contributed by atoms with Gasteiger partial charge in [-0.2, -0.15) is 11.3 Å². The van der Waals surface area contributed by atoms with Gasteiger partial charge < -0.3 is 15.7 Å². The Morgan fingerprint density at radius 1 is 1.45 bits per heavy atom. The van der Waals surface area contributed by atoms with E-state index in [1.54, 1.807) is 11.3 Å². The van der Waals surface area contributed by atoms with Crippen molar-refractivity contribution in [2.45, 2.75) is 13.0 Å². The molecule has 0 aromatic carbocycles. The van der Waals surface area contributed by atoms with E-state index in [2.05, 4.69) is 15.6 Å². The molecule has 0 saturated carbocycles. The molecule has 6 heteroatoms. The zero-order valence-corrected chi connectivity index (χ0v) is 13.2. The van der Waals surface area contributed by atoms with Gasteiger partial charge in [-0.25, -0.2) is 0 Å². The van der Waals surface area contributed by atoms with Crippen LogP contribution >= 0.6 is 11.3 Å². The number of β-amino-alcohol motifs (C(OH)–C–C–N with tert-alkyl or cyclic N) is 1. The first-order valence-corrected chi connectivity index (χ1v) is 8.26. The van der Waals surface area contributed by atoms with Crippen molar-refractivity contribution >= 4 is 17.2 Å². The second kappa shape index (κ2) is 6.56. The molecule has 0 bridgehead atoms. The van der Waals surface area contributed by atoms with Crippen LogP contribution in [0.5, 0.6) is 0 Å². The molecular weight excluding hydrogens is 298 g/mol. The fourth-order valence-electron chi connectivity index (χ4n) is 2.62. The van der Waals surface area contributed by atoms with Crippen LogP contribution in [0.3, 0.4) is 0 Å². The maximum absolute atomic E-state index is 12.3. The molecule has 3 rings (SSSR count). The summed E-state index contributed by atoms with van der Waals surface area (Å²) in [5, 5.41) is 19.8. The standard InChI is InChI=1S/C16H19N3O2S/c1-10-13(2-3-14(19-10)11-4-5-22-9-11)16(21)18-7-12-6-17-8-15(12)20/h2-5,9,12,15,17,20H,6-8H2,1H3,(H,18,21). The predicted octanol–water partition coefficient (Wildman–Crippen LogP) is 1.43. The summed E-state index contributed by atoms with van der Waals surface area (Å²) in [5.74, 6) is -0.0664. The smallest absolute Gasteiger partial charge is 0.253 e. The fourth-order valence-corrected chi connectivity index (χ4v) is 3.27. The second-order valence-corrected chi connectivity index (χ2v) is 6.32. The highest BCUT2D eigenvalue weighted by atomic mass is 32.1. The molecule has 0 spiro atoms. The van der Waals surface area contributed by atoms with Crippen LogP contribution in [0.15, 0.2) is 29.0 Å². The largest absolute Gasteiger partial charge is 0.391 e. The Kier molecular flexibility index (Phi) is 4.52. The van der Waals surface area contributed by atoms with E-state index in [0.29, 0.717) is 24.3 Å². The maximum atomic E-state index is 12.3. The molecule has 2 atom stereocenters. The lowest BCUT2D eigenvalue weighted by molar-refractivity contribution is 0.0926. The SMILES string of the molecule is Cc1nc(-c2ccsc2)ccc1C(=O)NCC1CNCC1O. The summed E-state index contributed by atoms with van der Waals surface area (Å²) in [7, 11) is 0. The molecule has 0 radical (unpaired) electrons. The van der Waals surface area contributed by atoms with Gasteiger partial charge in [0.25, 0.3) is 5.91 Å². The van der Waals surface area contributed by atoms with E-state index in [9.17, 15) is 9.90 Å². The highest BCUT2D eigenvalue weighted by Gasteiger charge is 2.25. The number of aliphatic hydroxyl groups is 1. The lowest BCUT2D eigenvalue weighted by Crippen LogP contribution is -2.34. The minimum absolute atomic E-state index is 0.0716. The number of amides is 1. The van der Waals surface area contributed by atoms with Gasteiger partial charge in [0.2, 0.25) is 0 Å². The number of nitrogens with zero attached hydrogens (tertiary/aromatic N) is 1. The van der Waals surface area contributed by atoms with E-state index in [4.69, 9.17) is 0 Å². The molecule has 22 heavy (non-hydrogen) atoms. The van der Waals surface area contributed by atoms with Gasteiger partial charge in [0.1, 0.15) is 0 Å². The number of hydrogen-bond acceptors (Lipinski definition) is 5. The first-order chi connectivity index (χ1) is 10.6. The van der Waals surface area contributed by atoms with Crippen molar-refractivity contribution in [3.63, 3.8) is 0 Å². The molecule has 116 valence electrons. The Morgan fingerprint density at radius 2 is 2.32 bits per heavy atom. The Hall–Kier alpha value is -1.76. The molecule has 1 aliphatic rings. The fraction of sp³-hybridized carbons (Fsp3) is 0.375. The van der Waals surface area contributed by atoms with Crippen LogP contribution in [0, 0.1) is 12.8 Å². The number of carbonyl (C=O) groups excluding carboxylic acids is 1. The number of aliphatic hydroxyl groups excluding tert-OH is 1. The number of carbonyl (C=O) groups is 1. The Morgan fingerprint density at radius 3 is 2.95 bits per heavy atom. The molecular formula is C16H19N3O2S. The van der Waals surface area contributed by atoms with Gasteiger partial charge in [-0.15, -0.1) is 0 Å². The average Bonchev–Trinajstić information content (AvgIpc) is 3.16. The summed E-state index contributed by atoms with van der Waals surface area (Å²) >= 11 is 1.62. The molecule has 2 aromatic heterocycles. The topological polar surface area (TPSA) is 74.2 Å². The van der Waals surface area contributed by atoms with Crippen molar-refractivity contribution in [2.24, 2.45) is 5.92 Å². The molecule has 3 N–H and O–H groups in total. The van der Waals surface area contributed by atoms with Crippen LogP contribution < -0.4 is 10.6 Å². The van der Waals surface area contributed by atoms with Crippen LogP contribution in [0.2, 0.25) is 0 Å². The third-order valence-corrected chi connectivity index (χ3v) is 4.66. The number of thiophene rings is 1. The van der Waals surface area contributed by atoms with Gasteiger partial charge >= 0.3 is 0 Å². The van der Waals surface area contributed by atoms with Gasteiger partial charge in [0.15, 0.2) is 0 Å². The minimum Gasteiger partial charge on any atom is -0.391 e. The summed E-state index contributed by atoms with van der Waals surface area (Å²) in [6.45, 7) is 3.64. The van der Waals surface area contributed by atoms with Gasteiger partial charge in [-0.1, -0.05) is 0 Å². The Balaban J connectivity index is 1.67. The third kappa shape index (κ3) is 3.19. The molecule has 3 heterocycles. The number of rotatable bonds is 4. The summed E-state index contributed by atoms with van der Waals surface area (Å²) < 4.78 is 0. The number of nitrogens with one attached hydrogen (secondary N) is 2. The van der Waals surface area contributed by atoms with Gasteiger partial charge in [0.05, 0.1) is 23.1 Å². The molecule has 1 amide bonds. The predicted molar refractivity (Wildman–Crippen MR) is 87.0 cm³/mol. The van der Waals surface area contributed by atoms with Crippen molar-refractivity contribution < 1.29 is 9.90 Å². The van der Waals surface area contributed by atoms with Crippen molar-refractivity contribution in [1.82, 2.24) is 15.6 Å². The molecule has 2 aromatic rings. The highest BCUT2D eigenvalue weighted by Crippen LogP contribution is 2.21. The minimum atomic E-state index is -0.388. The van der Waals surface area contributed by atoms with Gasteiger partial charge in [-0.3, -0.25) is 9.78 Å². The van der Waals surface area contributed by atoms with E-state index in [1.165, 1.54) is 0 Å². The molecule has 2 unspecified atom stereocenters. The lowest BCUT2D eigenvalue weighted by atomic mass is 10.1. The van der Waals surface area contributed by atoms with E-state index < -0.39 is 0 Å². The van der Waals surface area contributed by atoms with Crippen LogP contribution in [0.4, 0.5) is 0 Å². The quantitative estimate of drug-likeness (QED) is 0.797. The van der Waals surface area contributed by atoms with Gasteiger partial charge in [-0.05, 0) is 30.5 Å². The first kappa shape index (κ1) is 15.1. The first-order valence-electron chi connectivity index (χ1n) is 7.32. The Labute approximate surface area is 133 Å². The summed E-state index contributed by atoms with van der Waals surface area (Å²) in [6.07, 6.45) is -0.388. The maximum Gasteiger partial charge on any atom is 0.253 e. The Bertz CT molecular complexity index is 657. The van der Waals surface area contributed by atoms with E-state index >= 15 is 0 Å². The zero-order valence-electron chi connectivity index (χ0n) is 12.4. The summed E-state index contributed by atoms with van der Waals surface area (Å²) in [5.41, 5.74) is 3.25. The number of aromatic nitrogens is 1. The van der Waals surface area contributed by atoms with E-state index in [-0.39, 0.29) is 17.9 Å². The second-order valence-electron chi connectivity index (χ2n) is 5.54. The highest BCUT2D eigenvalue weighted by molar-refractivity contribution is 7.08. The summed E-state index contributed by atoms with van der Waals surface area (Å²) in [4.78, 5) is 16.8. The molecule has 5 nitrogen and oxygen atoms in total. The van der Waals surface area contributed by atoms with Crippen LogP contribution in [0.1, 0.15) is 16.1 Å². The van der Waals surface area contributed by atoms with Crippen molar-refractivity contribution in [1.29, 1.82) is 0 Å². The summed E-state index contributed by atoms with van der Waals surface area (Å²) in [6, 6.07) is 5.70. The molecule has 0 aliphatic carbocycles. The third-order valence-electron chi connectivity index (χ3n) is 3.98. The zero-order chi connectivity index (χ0) is 15.5. The van der Waals surface area contributed by atoms with Crippen molar-refractivity contribution in [3.05, 3.63) is 40.2 Å². The van der Waals surface area contributed by atoms with Crippen molar-refractivity contribution in [3.8, 4) is 11.3 Å². The normalized spacial score (nSPS) is 21.0. The van der Waals surface area contributed by atoms with Gasteiger partial charge in [0, 0.05) is 36.5 Å². The van der Waals surface area contributed by atoms with E-state index in [0.717, 1.165) is 17.8 Å². The van der Waals surface area contributed by atoms with Crippen molar-refractivity contribution in [2.75, 3.05) is 19.6 Å². The number of aryl methyl sites for hydroxylation is 1. The number of hydrogen-bond donors (Lipinski definition) is 3. The molecule has 1 saturated heterocycles. The van der Waals surface area contributed by atoms with Crippen LogP contribution in [0.25, 0.3) is 11.3 Å². The van der Waals surface area contributed by atoms with Crippen LogP contribution in [-0.2, 0) is 0 Å². The van der Waals surface area contributed by atoms with Crippen LogP contribution in [-0.4, -0.2) is 41.7 Å². The molecule has 1 aliphatic heterocycles. The van der Waals surface area contributed by atoms with E-state index in [1.807, 2.05) is 35.9 Å². The number of pyridine rings is 1.